The van der Waals surface area contributed by atoms with Crippen molar-refractivity contribution in [3.8, 4) is 5.75 Å². The molecule has 3 aromatic heterocycles. The molecular formula is C35H36ClN7O3S. The molecule has 1 saturated heterocycles. The number of carbonyl (C=O) groups is 1. The van der Waals surface area contributed by atoms with E-state index < -0.39 is 0 Å². The van der Waals surface area contributed by atoms with Gasteiger partial charge in [-0.3, -0.25) is 4.79 Å². The van der Waals surface area contributed by atoms with Gasteiger partial charge in [-0.1, -0.05) is 28.9 Å². The molecule has 1 unspecified atom stereocenters. The molecule has 0 spiro atoms. The number of nitrogens with one attached hydrogen (secondary N) is 2. The Labute approximate surface area is 281 Å². The van der Waals surface area contributed by atoms with Crippen molar-refractivity contribution in [1.29, 1.82) is 0 Å². The van der Waals surface area contributed by atoms with Gasteiger partial charge in [0, 0.05) is 71.7 Å². The summed E-state index contributed by atoms with van der Waals surface area (Å²) in [7, 11) is 1.67. The summed E-state index contributed by atoms with van der Waals surface area (Å²) in [6.45, 7) is 2.75. The molecule has 242 valence electrons. The third kappa shape index (κ3) is 7.17. The lowest BCUT2D eigenvalue weighted by Gasteiger charge is -2.12. The quantitative estimate of drug-likeness (QED) is 0.155. The number of ether oxygens (including phenoxy) is 2. The topological polar surface area (TPSA) is 120 Å². The van der Waals surface area contributed by atoms with Gasteiger partial charge in [0.1, 0.15) is 5.75 Å². The number of H-pyrrole nitrogens is 1. The summed E-state index contributed by atoms with van der Waals surface area (Å²) >= 11 is 7.91. The summed E-state index contributed by atoms with van der Waals surface area (Å²) in [5.74, 6) is 1.76. The minimum atomic E-state index is -0.0616. The number of aryl methyl sites for hydroxylation is 5. The van der Waals surface area contributed by atoms with Crippen molar-refractivity contribution in [3.05, 3.63) is 98.9 Å². The highest BCUT2D eigenvalue weighted by molar-refractivity contribution is 7.18. The first-order valence-electron chi connectivity index (χ1n) is 15.9. The summed E-state index contributed by atoms with van der Waals surface area (Å²) in [6.07, 6.45) is 4.82. The summed E-state index contributed by atoms with van der Waals surface area (Å²) in [6, 6.07) is 20.1. The lowest BCUT2D eigenvalue weighted by atomic mass is 9.99. The Morgan fingerprint density at radius 1 is 1.09 bits per heavy atom. The Balaban J connectivity index is 1.25. The van der Waals surface area contributed by atoms with Crippen molar-refractivity contribution < 1.29 is 14.3 Å². The number of rotatable bonds is 13. The third-order valence-corrected chi connectivity index (χ3v) is 10.2. The van der Waals surface area contributed by atoms with Gasteiger partial charge in [0.05, 0.1) is 28.9 Å². The van der Waals surface area contributed by atoms with E-state index in [9.17, 15) is 4.79 Å². The van der Waals surface area contributed by atoms with Gasteiger partial charge in [0.15, 0.2) is 5.82 Å². The van der Waals surface area contributed by atoms with Crippen LogP contribution in [-0.4, -0.2) is 63.0 Å². The molecule has 1 aliphatic rings. The van der Waals surface area contributed by atoms with E-state index >= 15 is 0 Å². The van der Waals surface area contributed by atoms with Gasteiger partial charge in [-0.15, -0.1) is 21.5 Å². The van der Waals surface area contributed by atoms with E-state index in [1.54, 1.807) is 18.4 Å². The number of hydrogen-bond donors (Lipinski definition) is 2. The molecule has 10 nitrogen and oxygen atoms in total. The van der Waals surface area contributed by atoms with E-state index in [2.05, 4.69) is 60.8 Å². The van der Waals surface area contributed by atoms with E-state index in [-0.39, 0.29) is 5.91 Å². The molecule has 47 heavy (non-hydrogen) atoms. The van der Waals surface area contributed by atoms with Crippen molar-refractivity contribution in [2.75, 3.05) is 26.9 Å². The molecule has 0 saturated carbocycles. The predicted octanol–water partition coefficient (Wildman–Crippen LogP) is 6.01. The second-order valence-electron chi connectivity index (χ2n) is 11.9. The molecule has 0 aliphatic carbocycles. The van der Waals surface area contributed by atoms with E-state index in [0.29, 0.717) is 43.4 Å². The minimum Gasteiger partial charge on any atom is -0.497 e. The zero-order valence-electron chi connectivity index (χ0n) is 26.2. The van der Waals surface area contributed by atoms with Crippen LogP contribution in [0.15, 0.2) is 60.7 Å². The lowest BCUT2D eigenvalue weighted by Crippen LogP contribution is -2.29. The Kier molecular flexibility index (Phi) is 9.46. The molecule has 1 atom stereocenters. The SMILES string of the molecule is COc1ccc2sc(CCc3c(CCc4ccc(Cl)cc4)c4cc(C(=O)NCC5CCOC5)ccc4n3CCc3nn[nH]n3)nc2c1. The van der Waals surface area contributed by atoms with Crippen LogP contribution in [0.1, 0.15) is 44.4 Å². The average Bonchev–Trinajstić information content (AvgIpc) is 3.91. The monoisotopic (exact) mass is 669 g/mol. The molecule has 0 radical (unpaired) electrons. The molecule has 0 bridgehead atoms. The number of tetrazole rings is 1. The van der Waals surface area contributed by atoms with Crippen LogP contribution < -0.4 is 10.1 Å². The highest BCUT2D eigenvalue weighted by Gasteiger charge is 2.21. The number of aromatic amines is 1. The third-order valence-electron chi connectivity index (χ3n) is 8.86. The summed E-state index contributed by atoms with van der Waals surface area (Å²) in [5, 5.41) is 20.8. The maximum Gasteiger partial charge on any atom is 0.251 e. The van der Waals surface area contributed by atoms with Crippen LogP contribution in [0.25, 0.3) is 21.1 Å². The standard InChI is InChI=1S/C35H36ClN7O3S/c1-45-26-8-12-32-29(19-26)38-34(47-32)13-11-30-27(9-4-22-2-6-25(36)7-3-22)28-18-24(35(44)37-20-23-15-17-46-21-23)5-10-31(28)43(30)16-14-33-39-41-42-40-33/h2-3,5-8,10,12,18-19,23H,4,9,11,13-17,20-21H2,1H3,(H,37,44)(H,39,40,41,42). The summed E-state index contributed by atoms with van der Waals surface area (Å²) in [4.78, 5) is 18.3. The Morgan fingerprint density at radius 3 is 2.77 bits per heavy atom. The normalized spacial score (nSPS) is 14.7. The Bertz CT molecular complexity index is 1980. The maximum absolute atomic E-state index is 13.4. The largest absolute Gasteiger partial charge is 0.497 e. The highest BCUT2D eigenvalue weighted by Crippen LogP contribution is 2.32. The fraction of sp³-hybridized carbons (Fsp3) is 0.343. The van der Waals surface area contributed by atoms with Gasteiger partial charge < -0.3 is 19.4 Å². The molecule has 3 aromatic carbocycles. The molecule has 1 amide bonds. The maximum atomic E-state index is 13.4. The second-order valence-corrected chi connectivity index (χ2v) is 13.4. The van der Waals surface area contributed by atoms with E-state index in [0.717, 1.165) is 75.6 Å². The molecule has 1 aliphatic heterocycles. The van der Waals surface area contributed by atoms with Crippen LogP contribution in [0, 0.1) is 5.92 Å². The summed E-state index contributed by atoms with van der Waals surface area (Å²) in [5.41, 5.74) is 6.38. The number of nitrogens with zero attached hydrogens (tertiary/aromatic N) is 5. The lowest BCUT2D eigenvalue weighted by molar-refractivity contribution is 0.0945. The summed E-state index contributed by atoms with van der Waals surface area (Å²) < 4.78 is 14.4. The number of methoxy groups -OCH3 is 1. The molecule has 4 heterocycles. The number of carbonyl (C=O) groups excluding carboxylic acids is 1. The Hall–Kier alpha value is -4.32. The molecule has 7 rings (SSSR count). The fourth-order valence-electron chi connectivity index (χ4n) is 6.36. The van der Waals surface area contributed by atoms with Crippen LogP contribution in [0.5, 0.6) is 5.75 Å². The van der Waals surface area contributed by atoms with Gasteiger partial charge >= 0.3 is 0 Å². The predicted molar refractivity (Wildman–Crippen MR) is 184 cm³/mol. The molecule has 2 N–H and O–H groups in total. The van der Waals surface area contributed by atoms with Crippen molar-refractivity contribution in [2.24, 2.45) is 5.92 Å². The van der Waals surface area contributed by atoms with Crippen LogP contribution >= 0.6 is 22.9 Å². The molecular weight excluding hydrogens is 634 g/mol. The average molecular weight is 670 g/mol. The van der Waals surface area contributed by atoms with E-state index in [1.807, 2.05) is 30.3 Å². The van der Waals surface area contributed by atoms with Crippen LogP contribution in [0.4, 0.5) is 0 Å². The van der Waals surface area contributed by atoms with E-state index in [1.165, 1.54) is 16.8 Å². The molecule has 1 fully saturated rings. The number of amides is 1. The van der Waals surface area contributed by atoms with Crippen molar-refractivity contribution in [1.82, 2.24) is 35.5 Å². The molecule has 12 heteroatoms. The number of benzene rings is 3. The van der Waals surface area contributed by atoms with Crippen LogP contribution in [0.3, 0.4) is 0 Å². The van der Waals surface area contributed by atoms with Gasteiger partial charge in [-0.2, -0.15) is 5.21 Å². The number of halogens is 1. The van der Waals surface area contributed by atoms with E-state index in [4.69, 9.17) is 26.1 Å². The zero-order chi connectivity index (χ0) is 32.2. The van der Waals surface area contributed by atoms with Gasteiger partial charge in [0.2, 0.25) is 0 Å². The Morgan fingerprint density at radius 2 is 1.98 bits per heavy atom. The highest BCUT2D eigenvalue weighted by atomic mass is 35.5. The number of fused-ring (bicyclic) bond motifs is 2. The number of thiazole rings is 1. The van der Waals surface area contributed by atoms with Gasteiger partial charge in [-0.05, 0) is 79.3 Å². The van der Waals surface area contributed by atoms with Crippen molar-refractivity contribution in [2.45, 2.75) is 45.1 Å². The van der Waals surface area contributed by atoms with Gasteiger partial charge in [-0.25, -0.2) is 4.98 Å². The van der Waals surface area contributed by atoms with Crippen molar-refractivity contribution in [3.63, 3.8) is 0 Å². The second kappa shape index (κ2) is 14.2. The first-order valence-corrected chi connectivity index (χ1v) is 17.1. The number of aromatic nitrogens is 6. The van der Waals surface area contributed by atoms with Crippen LogP contribution in [-0.2, 0) is 43.4 Å². The van der Waals surface area contributed by atoms with Crippen molar-refractivity contribution >= 4 is 50.0 Å². The molecule has 6 aromatic rings. The smallest absolute Gasteiger partial charge is 0.251 e. The van der Waals surface area contributed by atoms with Gasteiger partial charge in [0.25, 0.3) is 5.91 Å². The fourth-order valence-corrected chi connectivity index (χ4v) is 7.43. The first-order chi connectivity index (χ1) is 23.0. The van der Waals surface area contributed by atoms with Crippen LogP contribution in [0.2, 0.25) is 5.02 Å². The minimum absolute atomic E-state index is 0.0616. The number of hydrogen-bond acceptors (Lipinski definition) is 8. The first kappa shape index (κ1) is 31.3. The zero-order valence-corrected chi connectivity index (χ0v) is 27.7.